The van der Waals surface area contributed by atoms with Crippen molar-refractivity contribution in [1.82, 2.24) is 0 Å². The van der Waals surface area contributed by atoms with Gasteiger partial charge in [-0.3, -0.25) is 0 Å². The molecule has 4 saturated carbocycles. The first kappa shape index (κ1) is 21.2. The second-order valence-electron chi connectivity index (χ2n) is 11.3. The van der Waals surface area contributed by atoms with Gasteiger partial charge in [0, 0.05) is 0 Å². The molecular formula is C26H46O2. The average molecular weight is 391 g/mol. The molecule has 0 aromatic rings. The van der Waals surface area contributed by atoms with Crippen LogP contribution in [0.2, 0.25) is 0 Å². The number of rotatable bonds is 4. The van der Waals surface area contributed by atoms with E-state index in [1.54, 1.807) is 0 Å². The minimum absolute atomic E-state index is 0.0471. The fourth-order valence-corrected chi connectivity index (χ4v) is 8.39. The molecule has 0 aromatic heterocycles. The Bertz CT molecular complexity index is 445. The van der Waals surface area contributed by atoms with Crippen molar-refractivity contribution in [3.8, 4) is 0 Å². The van der Waals surface area contributed by atoms with Crippen LogP contribution in [0.5, 0.6) is 0 Å². The molecule has 0 saturated heterocycles. The SMILES string of the molecule is CC(C1CCC(O)CC1)(C1CCC(O)CC1)C1CCCCC1C1CCCCC1. The van der Waals surface area contributed by atoms with E-state index in [-0.39, 0.29) is 12.2 Å². The molecule has 4 rings (SSSR count). The molecule has 0 aromatic carbocycles. The molecule has 0 bridgehead atoms. The topological polar surface area (TPSA) is 40.5 Å². The number of aliphatic hydroxyl groups is 2. The van der Waals surface area contributed by atoms with Crippen molar-refractivity contribution in [3.05, 3.63) is 0 Å². The molecule has 4 aliphatic rings. The number of hydrogen-bond acceptors (Lipinski definition) is 2. The van der Waals surface area contributed by atoms with Crippen LogP contribution in [0.4, 0.5) is 0 Å². The monoisotopic (exact) mass is 390 g/mol. The summed E-state index contributed by atoms with van der Waals surface area (Å²) in [5, 5.41) is 20.3. The van der Waals surface area contributed by atoms with Gasteiger partial charge < -0.3 is 10.2 Å². The van der Waals surface area contributed by atoms with Gasteiger partial charge in [-0.1, -0.05) is 51.9 Å². The standard InChI is InChI=1S/C26H46O2/c1-26(20-11-15-22(27)16-12-20,21-13-17-23(28)18-14-21)25-10-6-5-9-24(25)19-7-3-2-4-8-19/h19-25,27-28H,2-18H2,1H3. The van der Waals surface area contributed by atoms with Gasteiger partial charge in [0.25, 0.3) is 0 Å². The Labute approximate surface area is 173 Å². The second-order valence-corrected chi connectivity index (χ2v) is 11.3. The molecule has 162 valence electrons. The van der Waals surface area contributed by atoms with Crippen LogP contribution in [0.3, 0.4) is 0 Å². The molecule has 0 heterocycles. The lowest BCUT2D eigenvalue weighted by molar-refractivity contribution is -0.0891. The highest BCUT2D eigenvalue weighted by Crippen LogP contribution is 2.59. The summed E-state index contributed by atoms with van der Waals surface area (Å²) in [6.45, 7) is 2.70. The van der Waals surface area contributed by atoms with E-state index in [1.807, 2.05) is 0 Å². The fraction of sp³-hybridized carbons (Fsp3) is 1.00. The number of aliphatic hydroxyl groups excluding tert-OH is 2. The van der Waals surface area contributed by atoms with Crippen molar-refractivity contribution >= 4 is 0 Å². The summed E-state index contributed by atoms with van der Waals surface area (Å²) in [7, 11) is 0. The van der Waals surface area contributed by atoms with Gasteiger partial charge >= 0.3 is 0 Å². The van der Waals surface area contributed by atoms with Crippen molar-refractivity contribution in [2.24, 2.45) is 35.0 Å². The van der Waals surface area contributed by atoms with Gasteiger partial charge in [0.15, 0.2) is 0 Å². The van der Waals surface area contributed by atoms with E-state index in [2.05, 4.69) is 6.92 Å². The van der Waals surface area contributed by atoms with Crippen LogP contribution in [0.15, 0.2) is 0 Å². The van der Waals surface area contributed by atoms with Gasteiger partial charge in [-0.05, 0) is 99.2 Å². The van der Waals surface area contributed by atoms with E-state index >= 15 is 0 Å². The molecule has 2 heteroatoms. The maximum absolute atomic E-state index is 10.2. The lowest BCUT2D eigenvalue weighted by Gasteiger charge is -2.57. The van der Waals surface area contributed by atoms with Crippen molar-refractivity contribution < 1.29 is 10.2 Å². The third-order valence-electron chi connectivity index (χ3n) is 10.0. The van der Waals surface area contributed by atoms with Crippen molar-refractivity contribution in [2.75, 3.05) is 0 Å². The van der Waals surface area contributed by atoms with Crippen LogP contribution in [0.1, 0.15) is 116 Å². The van der Waals surface area contributed by atoms with Crippen LogP contribution in [0, 0.1) is 35.0 Å². The lowest BCUT2D eigenvalue weighted by Crippen LogP contribution is -2.50. The first-order valence-electron chi connectivity index (χ1n) is 12.9. The minimum atomic E-state index is -0.0471. The Morgan fingerprint density at radius 3 is 1.54 bits per heavy atom. The van der Waals surface area contributed by atoms with Crippen LogP contribution in [-0.4, -0.2) is 22.4 Å². The second kappa shape index (κ2) is 9.38. The zero-order valence-corrected chi connectivity index (χ0v) is 18.5. The third-order valence-corrected chi connectivity index (χ3v) is 10.0. The van der Waals surface area contributed by atoms with Gasteiger partial charge in [-0.15, -0.1) is 0 Å². The molecule has 4 fully saturated rings. The predicted molar refractivity (Wildman–Crippen MR) is 116 cm³/mol. The van der Waals surface area contributed by atoms with E-state index in [1.165, 1.54) is 83.5 Å². The maximum atomic E-state index is 10.2. The van der Waals surface area contributed by atoms with Crippen LogP contribution >= 0.6 is 0 Å². The molecule has 2 N–H and O–H groups in total. The van der Waals surface area contributed by atoms with Gasteiger partial charge in [0.2, 0.25) is 0 Å². The molecule has 0 spiro atoms. The Morgan fingerprint density at radius 1 is 0.536 bits per heavy atom. The molecule has 4 aliphatic carbocycles. The summed E-state index contributed by atoms with van der Waals surface area (Å²) in [6, 6.07) is 0. The summed E-state index contributed by atoms with van der Waals surface area (Å²) < 4.78 is 0. The molecular weight excluding hydrogens is 344 g/mol. The summed E-state index contributed by atoms with van der Waals surface area (Å²) in [4.78, 5) is 0. The molecule has 0 radical (unpaired) electrons. The maximum Gasteiger partial charge on any atom is 0.0540 e. The third kappa shape index (κ3) is 4.34. The molecule has 0 aliphatic heterocycles. The van der Waals surface area contributed by atoms with Crippen LogP contribution in [0.25, 0.3) is 0 Å². The molecule has 2 atom stereocenters. The first-order chi connectivity index (χ1) is 13.6. The fourth-order valence-electron chi connectivity index (χ4n) is 8.39. The zero-order chi connectivity index (χ0) is 19.6. The molecule has 2 unspecified atom stereocenters. The first-order valence-corrected chi connectivity index (χ1v) is 12.9. The molecule has 28 heavy (non-hydrogen) atoms. The quantitative estimate of drug-likeness (QED) is 0.576. The van der Waals surface area contributed by atoms with Crippen LogP contribution < -0.4 is 0 Å². The summed E-state index contributed by atoms with van der Waals surface area (Å²) >= 11 is 0. The van der Waals surface area contributed by atoms with E-state index in [0.717, 1.165) is 55.3 Å². The van der Waals surface area contributed by atoms with Gasteiger partial charge in [-0.25, -0.2) is 0 Å². The summed E-state index contributed by atoms with van der Waals surface area (Å²) in [5.74, 6) is 4.43. The molecule has 2 nitrogen and oxygen atoms in total. The smallest absolute Gasteiger partial charge is 0.0540 e. The Kier molecular flexibility index (Phi) is 7.09. The lowest BCUT2D eigenvalue weighted by atomic mass is 9.48. The Morgan fingerprint density at radius 2 is 1.00 bits per heavy atom. The highest BCUT2D eigenvalue weighted by atomic mass is 16.3. The van der Waals surface area contributed by atoms with Gasteiger partial charge in [0.1, 0.15) is 0 Å². The Balaban J connectivity index is 1.60. The van der Waals surface area contributed by atoms with E-state index in [9.17, 15) is 10.2 Å². The average Bonchev–Trinajstić information content (AvgIpc) is 2.75. The van der Waals surface area contributed by atoms with Gasteiger partial charge in [-0.2, -0.15) is 0 Å². The highest BCUT2D eigenvalue weighted by molar-refractivity contribution is 5.01. The van der Waals surface area contributed by atoms with E-state index < -0.39 is 0 Å². The normalized spacial score (nSPS) is 43.4. The van der Waals surface area contributed by atoms with Crippen LogP contribution in [-0.2, 0) is 0 Å². The van der Waals surface area contributed by atoms with Crippen molar-refractivity contribution in [1.29, 1.82) is 0 Å². The molecule has 0 amide bonds. The zero-order valence-electron chi connectivity index (χ0n) is 18.5. The largest absolute Gasteiger partial charge is 0.393 e. The highest BCUT2D eigenvalue weighted by Gasteiger charge is 2.51. The van der Waals surface area contributed by atoms with Crippen molar-refractivity contribution in [3.63, 3.8) is 0 Å². The number of hydrogen-bond donors (Lipinski definition) is 2. The summed E-state index contributed by atoms with van der Waals surface area (Å²) in [6.07, 6.45) is 22.2. The van der Waals surface area contributed by atoms with Gasteiger partial charge in [0.05, 0.1) is 12.2 Å². The van der Waals surface area contributed by atoms with E-state index in [4.69, 9.17) is 0 Å². The van der Waals surface area contributed by atoms with E-state index in [0.29, 0.717) is 5.41 Å². The summed E-state index contributed by atoms with van der Waals surface area (Å²) in [5.41, 5.74) is 0.433. The predicted octanol–water partition coefficient (Wildman–Crippen LogP) is 6.48. The minimum Gasteiger partial charge on any atom is -0.393 e. The van der Waals surface area contributed by atoms with Crippen molar-refractivity contribution in [2.45, 2.75) is 128 Å². The Hall–Kier alpha value is -0.0800.